The molecule has 1 aromatic carbocycles. The molecule has 0 saturated heterocycles. The van der Waals surface area contributed by atoms with Crippen LogP contribution < -0.4 is 11.5 Å². The Labute approximate surface area is 197 Å². The van der Waals surface area contributed by atoms with Crippen molar-refractivity contribution in [3.8, 4) is 11.1 Å². The standard InChI is InChI=1S/C26H27N7O/c1-15-22(13-34-32-15)21-12-18-6-4-17(11-23(18)31-25(21)28)3-2-16-5-7-19(10-16)33-9-8-20-24(27)29-14-30-26(20)33/h4,6,8-9,11-14,16,19H,2-3,5,7,10H2,1H3,(H2,28,31)(H2,27,29,30). The van der Waals surface area contributed by atoms with Gasteiger partial charge in [-0.1, -0.05) is 17.3 Å². The third-order valence-corrected chi connectivity index (χ3v) is 7.24. The quantitative estimate of drug-likeness (QED) is 0.380. The topological polar surface area (TPSA) is 122 Å². The van der Waals surface area contributed by atoms with Gasteiger partial charge in [-0.15, -0.1) is 0 Å². The molecule has 1 aliphatic carbocycles. The molecule has 34 heavy (non-hydrogen) atoms. The van der Waals surface area contributed by atoms with Gasteiger partial charge in [-0.05, 0) is 68.7 Å². The van der Waals surface area contributed by atoms with E-state index in [9.17, 15) is 0 Å². The SMILES string of the molecule is Cc1nocc1-c1cc2ccc(CCC3CCC(n4ccc5c(N)ncnc54)C3)cc2nc1N. The summed E-state index contributed by atoms with van der Waals surface area (Å²) >= 11 is 0. The van der Waals surface area contributed by atoms with Crippen molar-refractivity contribution in [2.75, 3.05) is 11.5 Å². The van der Waals surface area contributed by atoms with Crippen molar-refractivity contribution in [1.82, 2.24) is 24.7 Å². The van der Waals surface area contributed by atoms with Crippen molar-refractivity contribution in [3.05, 3.63) is 60.4 Å². The zero-order valence-electron chi connectivity index (χ0n) is 19.1. The number of rotatable bonds is 5. The highest BCUT2D eigenvalue weighted by atomic mass is 16.5. The van der Waals surface area contributed by atoms with Crippen LogP contribution in [-0.4, -0.2) is 24.7 Å². The van der Waals surface area contributed by atoms with E-state index in [1.807, 2.05) is 13.0 Å². The lowest BCUT2D eigenvalue weighted by molar-refractivity contribution is 0.415. The molecule has 2 unspecified atom stereocenters. The lowest BCUT2D eigenvalue weighted by Gasteiger charge is -2.14. The molecule has 0 bridgehead atoms. The van der Waals surface area contributed by atoms with Crippen molar-refractivity contribution < 1.29 is 4.52 Å². The number of pyridine rings is 1. The highest BCUT2D eigenvalue weighted by Gasteiger charge is 2.27. The molecular formula is C26H27N7O. The molecule has 0 aliphatic heterocycles. The van der Waals surface area contributed by atoms with Gasteiger partial charge in [0.05, 0.1) is 16.6 Å². The number of aromatic nitrogens is 5. The summed E-state index contributed by atoms with van der Waals surface area (Å²) in [5.41, 5.74) is 18.0. The Morgan fingerprint density at radius 2 is 1.97 bits per heavy atom. The maximum atomic E-state index is 6.28. The van der Waals surface area contributed by atoms with Crippen LogP contribution in [0.4, 0.5) is 11.6 Å². The smallest absolute Gasteiger partial charge is 0.145 e. The first-order valence-corrected chi connectivity index (χ1v) is 11.7. The van der Waals surface area contributed by atoms with E-state index in [2.05, 4.69) is 55.1 Å². The Bertz CT molecular complexity index is 1500. The molecular weight excluding hydrogens is 426 g/mol. The molecule has 172 valence electrons. The first-order chi connectivity index (χ1) is 16.6. The van der Waals surface area contributed by atoms with Crippen LogP contribution in [0.3, 0.4) is 0 Å². The molecule has 1 aliphatic rings. The molecule has 4 aromatic heterocycles. The molecule has 0 amide bonds. The van der Waals surface area contributed by atoms with E-state index in [0.29, 0.717) is 23.6 Å². The van der Waals surface area contributed by atoms with Crippen LogP contribution in [0.15, 0.2) is 53.6 Å². The Kier molecular flexibility index (Phi) is 4.94. The summed E-state index contributed by atoms with van der Waals surface area (Å²) in [7, 11) is 0. The van der Waals surface area contributed by atoms with Gasteiger partial charge in [-0.3, -0.25) is 0 Å². The van der Waals surface area contributed by atoms with E-state index < -0.39 is 0 Å². The van der Waals surface area contributed by atoms with E-state index in [4.69, 9.17) is 16.0 Å². The maximum absolute atomic E-state index is 6.28. The second-order valence-electron chi connectivity index (χ2n) is 9.35. The zero-order valence-corrected chi connectivity index (χ0v) is 19.1. The lowest BCUT2D eigenvalue weighted by Crippen LogP contribution is -2.06. The molecule has 5 aromatic rings. The van der Waals surface area contributed by atoms with Gasteiger partial charge < -0.3 is 20.6 Å². The van der Waals surface area contributed by atoms with E-state index in [0.717, 1.165) is 58.0 Å². The molecule has 2 atom stereocenters. The fraction of sp³-hybridized carbons (Fsp3) is 0.308. The number of aryl methyl sites for hydroxylation is 2. The van der Waals surface area contributed by atoms with Gasteiger partial charge in [-0.2, -0.15) is 0 Å². The number of hydrogen-bond donors (Lipinski definition) is 2. The van der Waals surface area contributed by atoms with Gasteiger partial charge >= 0.3 is 0 Å². The molecule has 0 spiro atoms. The number of anilines is 2. The summed E-state index contributed by atoms with van der Waals surface area (Å²) in [6.45, 7) is 1.90. The Morgan fingerprint density at radius 3 is 2.82 bits per heavy atom. The maximum Gasteiger partial charge on any atom is 0.145 e. The highest BCUT2D eigenvalue weighted by Crippen LogP contribution is 2.39. The minimum atomic E-state index is 0.467. The van der Waals surface area contributed by atoms with Gasteiger partial charge in [0.1, 0.15) is 29.9 Å². The second kappa shape index (κ2) is 8.13. The van der Waals surface area contributed by atoms with Crippen molar-refractivity contribution in [3.63, 3.8) is 0 Å². The summed E-state index contributed by atoms with van der Waals surface area (Å²) in [5.74, 6) is 1.74. The van der Waals surface area contributed by atoms with Crippen molar-refractivity contribution in [2.24, 2.45) is 5.92 Å². The first kappa shape index (κ1) is 20.7. The van der Waals surface area contributed by atoms with Gasteiger partial charge in [0.2, 0.25) is 0 Å². The van der Waals surface area contributed by atoms with E-state index >= 15 is 0 Å². The van der Waals surface area contributed by atoms with Crippen LogP contribution in [-0.2, 0) is 6.42 Å². The van der Waals surface area contributed by atoms with E-state index in [-0.39, 0.29) is 0 Å². The van der Waals surface area contributed by atoms with Crippen LogP contribution in [0.1, 0.15) is 43.0 Å². The number of nitrogen functional groups attached to an aromatic ring is 2. The van der Waals surface area contributed by atoms with Crippen LogP contribution in [0, 0.1) is 12.8 Å². The number of benzene rings is 1. The van der Waals surface area contributed by atoms with E-state index in [1.54, 1.807) is 12.6 Å². The minimum absolute atomic E-state index is 0.467. The van der Waals surface area contributed by atoms with Gasteiger partial charge in [0.15, 0.2) is 0 Å². The molecule has 0 radical (unpaired) electrons. The largest absolute Gasteiger partial charge is 0.383 e. The predicted molar refractivity (Wildman–Crippen MR) is 133 cm³/mol. The van der Waals surface area contributed by atoms with Crippen LogP contribution in [0.25, 0.3) is 33.1 Å². The molecule has 6 rings (SSSR count). The van der Waals surface area contributed by atoms with Crippen LogP contribution >= 0.6 is 0 Å². The molecule has 8 heteroatoms. The first-order valence-electron chi connectivity index (χ1n) is 11.7. The third-order valence-electron chi connectivity index (χ3n) is 7.24. The average molecular weight is 454 g/mol. The lowest BCUT2D eigenvalue weighted by atomic mass is 9.97. The average Bonchev–Trinajstić information content (AvgIpc) is 3.57. The summed E-state index contributed by atoms with van der Waals surface area (Å²) < 4.78 is 7.36. The summed E-state index contributed by atoms with van der Waals surface area (Å²) in [6.07, 6.45) is 11.0. The van der Waals surface area contributed by atoms with Crippen molar-refractivity contribution >= 4 is 33.6 Å². The highest BCUT2D eigenvalue weighted by molar-refractivity contribution is 5.89. The van der Waals surface area contributed by atoms with Gasteiger partial charge in [0.25, 0.3) is 0 Å². The second-order valence-corrected chi connectivity index (χ2v) is 9.35. The third kappa shape index (κ3) is 3.55. The number of hydrogen-bond acceptors (Lipinski definition) is 7. The zero-order chi connectivity index (χ0) is 23.2. The van der Waals surface area contributed by atoms with Gasteiger partial charge in [-0.25, -0.2) is 15.0 Å². The Hall–Kier alpha value is -3.94. The number of nitrogens with two attached hydrogens (primary N) is 2. The minimum Gasteiger partial charge on any atom is -0.383 e. The summed E-state index contributed by atoms with van der Waals surface area (Å²) in [4.78, 5) is 13.3. The van der Waals surface area contributed by atoms with Crippen LogP contribution in [0.5, 0.6) is 0 Å². The monoisotopic (exact) mass is 453 g/mol. The summed E-state index contributed by atoms with van der Waals surface area (Å²) in [6, 6.07) is 11.1. The molecule has 4 N–H and O–H groups in total. The fourth-order valence-electron chi connectivity index (χ4n) is 5.37. The van der Waals surface area contributed by atoms with Crippen molar-refractivity contribution in [2.45, 2.75) is 45.1 Å². The Balaban J connectivity index is 1.15. The van der Waals surface area contributed by atoms with Crippen LogP contribution in [0.2, 0.25) is 0 Å². The molecule has 1 fully saturated rings. The Morgan fingerprint density at radius 1 is 1.06 bits per heavy atom. The number of nitrogens with zero attached hydrogens (tertiary/aromatic N) is 5. The van der Waals surface area contributed by atoms with E-state index in [1.165, 1.54) is 18.4 Å². The fourth-order valence-corrected chi connectivity index (χ4v) is 5.37. The van der Waals surface area contributed by atoms with Crippen molar-refractivity contribution in [1.29, 1.82) is 0 Å². The predicted octanol–water partition coefficient (Wildman–Crippen LogP) is 5.08. The molecule has 8 nitrogen and oxygen atoms in total. The van der Waals surface area contributed by atoms with Gasteiger partial charge in [0, 0.05) is 28.8 Å². The summed E-state index contributed by atoms with van der Waals surface area (Å²) in [5, 5.41) is 5.96. The molecule has 4 heterocycles. The molecule has 1 saturated carbocycles. The number of fused-ring (bicyclic) bond motifs is 2. The normalized spacial score (nSPS) is 18.3.